The molecular formula is C16H13N3O4. The average molecular weight is 311 g/mol. The summed E-state index contributed by atoms with van der Waals surface area (Å²) in [5.41, 5.74) is 1.41. The highest BCUT2D eigenvalue weighted by molar-refractivity contribution is 6.21. The fourth-order valence-corrected chi connectivity index (χ4v) is 2.56. The zero-order valence-electron chi connectivity index (χ0n) is 12.8. The molecule has 0 fully saturated rings. The predicted molar refractivity (Wildman–Crippen MR) is 78.6 cm³/mol. The quantitative estimate of drug-likeness (QED) is 0.785. The van der Waals surface area contributed by atoms with Crippen LogP contribution in [0.15, 0.2) is 24.3 Å². The Morgan fingerprint density at radius 3 is 1.91 bits per heavy atom. The van der Waals surface area contributed by atoms with E-state index in [0.29, 0.717) is 22.3 Å². The Morgan fingerprint density at radius 1 is 0.957 bits per heavy atom. The molecule has 0 N–H and O–H groups in total. The van der Waals surface area contributed by atoms with Crippen LogP contribution in [0.1, 0.15) is 48.3 Å². The molecule has 2 heterocycles. The number of carbonyl (C=O) groups is 3. The molecule has 0 atom stereocenters. The highest BCUT2D eigenvalue weighted by Gasteiger charge is 2.39. The second kappa shape index (κ2) is 5.28. The van der Waals surface area contributed by atoms with Crippen molar-refractivity contribution in [2.75, 3.05) is 0 Å². The van der Waals surface area contributed by atoms with Crippen molar-refractivity contribution in [3.05, 3.63) is 58.2 Å². The fraction of sp³-hybridized carbons (Fsp3) is 0.188. The third-order valence-corrected chi connectivity index (χ3v) is 3.52. The first kappa shape index (κ1) is 14.8. The molecule has 0 radical (unpaired) electrons. The van der Waals surface area contributed by atoms with Crippen molar-refractivity contribution in [3.63, 3.8) is 0 Å². The number of aryl methyl sites for hydroxylation is 3. The molecule has 0 spiro atoms. The molecule has 0 saturated heterocycles. The summed E-state index contributed by atoms with van der Waals surface area (Å²) in [4.78, 5) is 50.0. The number of hydrogen-bond acceptors (Lipinski definition) is 6. The van der Waals surface area contributed by atoms with Crippen LogP contribution in [-0.2, 0) is 4.84 Å². The van der Waals surface area contributed by atoms with Gasteiger partial charge in [-0.1, -0.05) is 17.2 Å². The monoisotopic (exact) mass is 311 g/mol. The van der Waals surface area contributed by atoms with Crippen molar-refractivity contribution >= 4 is 17.8 Å². The molecule has 116 valence electrons. The van der Waals surface area contributed by atoms with Gasteiger partial charge in [0.25, 0.3) is 11.8 Å². The number of rotatable bonds is 2. The lowest BCUT2D eigenvalue weighted by Gasteiger charge is -2.14. The Labute approximate surface area is 131 Å². The van der Waals surface area contributed by atoms with Gasteiger partial charge in [0.05, 0.1) is 22.5 Å². The number of hydrogen-bond donors (Lipinski definition) is 0. The van der Waals surface area contributed by atoms with Gasteiger partial charge in [0.1, 0.15) is 11.4 Å². The summed E-state index contributed by atoms with van der Waals surface area (Å²) in [6.45, 7) is 4.99. The Bertz CT molecular complexity index is 802. The van der Waals surface area contributed by atoms with E-state index in [1.165, 1.54) is 12.1 Å². The Hall–Kier alpha value is -3.09. The smallest absolute Gasteiger partial charge is 0.324 e. The van der Waals surface area contributed by atoms with Crippen LogP contribution in [0.2, 0.25) is 0 Å². The minimum atomic E-state index is -0.838. The van der Waals surface area contributed by atoms with Gasteiger partial charge in [-0.2, -0.15) is 0 Å². The first-order chi connectivity index (χ1) is 10.9. The van der Waals surface area contributed by atoms with Gasteiger partial charge in [-0.3, -0.25) is 9.59 Å². The predicted octanol–water partition coefficient (Wildman–Crippen LogP) is 1.77. The van der Waals surface area contributed by atoms with Crippen molar-refractivity contribution in [1.29, 1.82) is 0 Å². The summed E-state index contributed by atoms with van der Waals surface area (Å²) in [6.07, 6.45) is 0. The second-order valence-corrected chi connectivity index (χ2v) is 5.15. The molecular weight excluding hydrogens is 298 g/mol. The number of imide groups is 1. The topological polar surface area (TPSA) is 89.5 Å². The first-order valence-electron chi connectivity index (χ1n) is 6.92. The summed E-state index contributed by atoms with van der Waals surface area (Å²) >= 11 is 0. The van der Waals surface area contributed by atoms with Gasteiger partial charge in [0.15, 0.2) is 0 Å². The lowest BCUT2D eigenvalue weighted by molar-refractivity contribution is -0.0586. The summed E-state index contributed by atoms with van der Waals surface area (Å²) in [5.74, 6) is -1.64. The number of hydroxylamine groups is 2. The van der Waals surface area contributed by atoms with Gasteiger partial charge >= 0.3 is 5.97 Å². The van der Waals surface area contributed by atoms with Gasteiger partial charge < -0.3 is 4.84 Å². The molecule has 1 aromatic carbocycles. The minimum Gasteiger partial charge on any atom is -0.324 e. The molecule has 0 bridgehead atoms. The Balaban J connectivity index is 1.91. The maximum atomic E-state index is 12.3. The molecule has 0 unspecified atom stereocenters. The molecule has 1 aliphatic heterocycles. The van der Waals surface area contributed by atoms with E-state index in [-0.39, 0.29) is 16.7 Å². The van der Waals surface area contributed by atoms with Crippen LogP contribution in [-0.4, -0.2) is 32.8 Å². The Morgan fingerprint density at radius 2 is 1.43 bits per heavy atom. The van der Waals surface area contributed by atoms with E-state index in [9.17, 15) is 14.4 Å². The van der Waals surface area contributed by atoms with E-state index in [1.54, 1.807) is 32.9 Å². The normalized spacial score (nSPS) is 13.3. The summed E-state index contributed by atoms with van der Waals surface area (Å²) in [7, 11) is 0. The number of carbonyl (C=O) groups excluding carboxylic acids is 3. The van der Waals surface area contributed by atoms with Gasteiger partial charge in [-0.25, -0.2) is 14.8 Å². The van der Waals surface area contributed by atoms with E-state index in [4.69, 9.17) is 4.84 Å². The molecule has 0 saturated carbocycles. The summed E-state index contributed by atoms with van der Waals surface area (Å²) in [5, 5.41) is 0.478. The standard InChI is InChI=1S/C16H13N3O4/c1-8-13(9(2)18-10(3)17-8)16(22)23-19-14(20)11-6-4-5-7-12(11)15(19)21/h4-7H,1-3H3. The average Bonchev–Trinajstić information content (AvgIpc) is 2.72. The molecule has 2 amide bonds. The lowest BCUT2D eigenvalue weighted by atomic mass is 10.1. The van der Waals surface area contributed by atoms with Crippen molar-refractivity contribution in [2.24, 2.45) is 0 Å². The number of aromatic nitrogens is 2. The number of benzene rings is 1. The van der Waals surface area contributed by atoms with Crippen molar-refractivity contribution in [3.8, 4) is 0 Å². The SMILES string of the molecule is Cc1nc(C)c(C(=O)ON2C(=O)c3ccccc3C2=O)c(C)n1. The number of amides is 2. The van der Waals surface area contributed by atoms with Crippen LogP contribution in [0, 0.1) is 20.8 Å². The van der Waals surface area contributed by atoms with Crippen LogP contribution < -0.4 is 0 Å². The third-order valence-electron chi connectivity index (χ3n) is 3.52. The molecule has 7 heteroatoms. The zero-order chi connectivity index (χ0) is 16.7. The maximum absolute atomic E-state index is 12.3. The summed E-state index contributed by atoms with van der Waals surface area (Å²) in [6, 6.07) is 6.29. The molecule has 7 nitrogen and oxygen atoms in total. The molecule has 1 aromatic heterocycles. The fourth-order valence-electron chi connectivity index (χ4n) is 2.56. The van der Waals surface area contributed by atoms with Crippen molar-refractivity contribution in [1.82, 2.24) is 15.0 Å². The van der Waals surface area contributed by atoms with E-state index >= 15 is 0 Å². The van der Waals surface area contributed by atoms with Crippen LogP contribution >= 0.6 is 0 Å². The molecule has 2 aromatic rings. The van der Waals surface area contributed by atoms with Crippen LogP contribution in [0.3, 0.4) is 0 Å². The molecule has 3 rings (SSSR count). The van der Waals surface area contributed by atoms with Gasteiger partial charge in [-0.15, -0.1) is 0 Å². The van der Waals surface area contributed by atoms with E-state index in [0.717, 1.165) is 0 Å². The van der Waals surface area contributed by atoms with Crippen LogP contribution in [0.5, 0.6) is 0 Å². The number of nitrogens with zero attached hydrogens (tertiary/aromatic N) is 3. The van der Waals surface area contributed by atoms with Gasteiger partial charge in [-0.05, 0) is 32.9 Å². The van der Waals surface area contributed by atoms with E-state index < -0.39 is 17.8 Å². The van der Waals surface area contributed by atoms with E-state index in [1.807, 2.05) is 0 Å². The van der Waals surface area contributed by atoms with Gasteiger partial charge in [0.2, 0.25) is 0 Å². The van der Waals surface area contributed by atoms with Crippen LogP contribution in [0.4, 0.5) is 0 Å². The van der Waals surface area contributed by atoms with Crippen molar-refractivity contribution in [2.45, 2.75) is 20.8 Å². The highest BCUT2D eigenvalue weighted by atomic mass is 16.7. The largest absolute Gasteiger partial charge is 0.367 e. The third kappa shape index (κ3) is 2.36. The van der Waals surface area contributed by atoms with Crippen molar-refractivity contribution < 1.29 is 19.2 Å². The highest BCUT2D eigenvalue weighted by Crippen LogP contribution is 2.24. The second-order valence-electron chi connectivity index (χ2n) is 5.15. The molecule has 0 aliphatic carbocycles. The molecule has 23 heavy (non-hydrogen) atoms. The number of fused-ring (bicyclic) bond motifs is 1. The first-order valence-corrected chi connectivity index (χ1v) is 6.92. The molecule has 1 aliphatic rings. The van der Waals surface area contributed by atoms with Gasteiger partial charge in [0, 0.05) is 0 Å². The zero-order valence-corrected chi connectivity index (χ0v) is 12.8. The lowest BCUT2D eigenvalue weighted by Crippen LogP contribution is -2.33. The van der Waals surface area contributed by atoms with E-state index in [2.05, 4.69) is 9.97 Å². The summed E-state index contributed by atoms with van der Waals surface area (Å²) < 4.78 is 0. The maximum Gasteiger partial charge on any atom is 0.367 e. The minimum absolute atomic E-state index is 0.146. The van der Waals surface area contributed by atoms with Crippen LogP contribution in [0.25, 0.3) is 0 Å². The Kier molecular flexibility index (Phi) is 3.40.